The van der Waals surface area contributed by atoms with Crippen molar-refractivity contribution < 1.29 is 8.78 Å². The lowest BCUT2D eigenvalue weighted by atomic mass is 10.1. The van der Waals surface area contributed by atoms with Crippen LogP contribution < -0.4 is 0 Å². The number of aliphatic imine (C=N–C) groups is 1. The van der Waals surface area contributed by atoms with Crippen molar-refractivity contribution in [1.82, 2.24) is 4.98 Å². The van der Waals surface area contributed by atoms with Crippen LogP contribution in [0, 0.1) is 12.9 Å². The van der Waals surface area contributed by atoms with Crippen LogP contribution in [0.4, 0.5) is 8.78 Å². The predicted octanol–water partition coefficient (Wildman–Crippen LogP) is 2.92. The van der Waals surface area contributed by atoms with Gasteiger partial charge in [-0.15, -0.1) is 0 Å². The second-order valence-corrected chi connectivity index (χ2v) is 3.60. The van der Waals surface area contributed by atoms with Gasteiger partial charge < -0.3 is 0 Å². The van der Waals surface area contributed by atoms with Gasteiger partial charge in [0, 0.05) is 12.1 Å². The van der Waals surface area contributed by atoms with Crippen LogP contribution in [0.1, 0.15) is 24.6 Å². The highest BCUT2D eigenvalue weighted by Crippen LogP contribution is 2.24. The summed E-state index contributed by atoms with van der Waals surface area (Å²) >= 11 is 0. The molecule has 15 heavy (non-hydrogen) atoms. The Morgan fingerprint density at radius 3 is 2.47 bits per heavy atom. The molecule has 1 aromatic heterocycles. The highest BCUT2D eigenvalue weighted by Gasteiger charge is 2.19. The summed E-state index contributed by atoms with van der Waals surface area (Å²) < 4.78 is 26.4. The quantitative estimate of drug-likeness (QED) is 0.514. The zero-order chi connectivity index (χ0) is 11.0. The largest absolute Gasteiger partial charge is 0.225 e. The molecule has 0 aliphatic carbocycles. The number of aromatic nitrogens is 1. The smallest absolute Gasteiger partial charge is 0.222 e. The van der Waals surface area contributed by atoms with Crippen LogP contribution in [-0.2, 0) is 0 Å². The fourth-order valence-corrected chi connectivity index (χ4v) is 1.47. The SMILES string of the molecule is CC1=C(F)N=C(c2ccc(C)nc2F)C1. The van der Waals surface area contributed by atoms with Crippen molar-refractivity contribution in [3.05, 3.63) is 40.9 Å². The zero-order valence-corrected chi connectivity index (χ0v) is 8.51. The van der Waals surface area contributed by atoms with Gasteiger partial charge in [0.2, 0.25) is 11.9 Å². The Labute approximate surface area is 86.4 Å². The van der Waals surface area contributed by atoms with Crippen molar-refractivity contribution in [3.63, 3.8) is 0 Å². The van der Waals surface area contributed by atoms with Crippen LogP contribution in [0.15, 0.2) is 28.6 Å². The molecule has 1 aliphatic rings. The lowest BCUT2D eigenvalue weighted by Gasteiger charge is -2.02. The summed E-state index contributed by atoms with van der Waals surface area (Å²) in [7, 11) is 0. The van der Waals surface area contributed by atoms with E-state index >= 15 is 0 Å². The van der Waals surface area contributed by atoms with Gasteiger partial charge in [0.1, 0.15) is 0 Å². The lowest BCUT2D eigenvalue weighted by molar-refractivity contribution is 0.577. The van der Waals surface area contributed by atoms with Gasteiger partial charge >= 0.3 is 0 Å². The lowest BCUT2D eigenvalue weighted by Crippen LogP contribution is -2.04. The molecular weight excluding hydrogens is 198 g/mol. The molecule has 2 heterocycles. The molecule has 0 spiro atoms. The third-order valence-electron chi connectivity index (χ3n) is 2.32. The average Bonchev–Trinajstić information content (AvgIpc) is 2.46. The highest BCUT2D eigenvalue weighted by atomic mass is 19.1. The molecule has 2 nitrogen and oxygen atoms in total. The summed E-state index contributed by atoms with van der Waals surface area (Å²) in [5.41, 5.74) is 1.83. The topological polar surface area (TPSA) is 25.2 Å². The molecule has 78 valence electrons. The normalized spacial score (nSPS) is 15.9. The first-order valence-corrected chi connectivity index (χ1v) is 4.64. The highest BCUT2D eigenvalue weighted by molar-refractivity contribution is 6.03. The van der Waals surface area contributed by atoms with Crippen LogP contribution in [0.5, 0.6) is 0 Å². The van der Waals surface area contributed by atoms with Gasteiger partial charge in [-0.2, -0.15) is 8.78 Å². The van der Waals surface area contributed by atoms with Crippen LogP contribution in [0.25, 0.3) is 0 Å². The second-order valence-electron chi connectivity index (χ2n) is 3.60. The summed E-state index contributed by atoms with van der Waals surface area (Å²) in [6, 6.07) is 3.27. The molecule has 2 rings (SSSR count). The average molecular weight is 208 g/mol. The number of allylic oxidation sites excluding steroid dienone is 1. The minimum absolute atomic E-state index is 0.285. The molecule has 0 unspecified atom stereocenters. The first-order chi connectivity index (χ1) is 7.08. The van der Waals surface area contributed by atoms with Crippen LogP contribution in [0.3, 0.4) is 0 Å². The molecule has 4 heteroatoms. The molecular formula is C11H10F2N2. The number of halogens is 2. The van der Waals surface area contributed by atoms with E-state index < -0.39 is 11.9 Å². The van der Waals surface area contributed by atoms with E-state index in [-0.39, 0.29) is 5.56 Å². The Morgan fingerprint density at radius 2 is 1.93 bits per heavy atom. The van der Waals surface area contributed by atoms with Crippen molar-refractivity contribution in [3.8, 4) is 0 Å². The third kappa shape index (κ3) is 1.79. The maximum atomic E-state index is 13.4. The van der Waals surface area contributed by atoms with Gasteiger partial charge in [0.15, 0.2) is 0 Å². The molecule has 0 radical (unpaired) electrons. The zero-order valence-electron chi connectivity index (χ0n) is 8.51. The van der Waals surface area contributed by atoms with Crippen molar-refractivity contribution in [2.24, 2.45) is 4.99 Å². The number of aryl methyl sites for hydroxylation is 1. The molecule has 1 aromatic rings. The summed E-state index contributed by atoms with van der Waals surface area (Å²) in [6.07, 6.45) is 0.355. The van der Waals surface area contributed by atoms with E-state index in [2.05, 4.69) is 9.98 Å². The molecule has 0 aromatic carbocycles. The Balaban J connectivity index is 2.38. The number of hydrogen-bond donors (Lipinski definition) is 0. The standard InChI is InChI=1S/C11H10F2N2/c1-6-5-9(15-10(6)12)8-4-3-7(2)14-11(8)13/h3-4H,5H2,1-2H3. The second kappa shape index (κ2) is 3.53. The summed E-state index contributed by atoms with van der Waals surface area (Å²) in [5, 5.41) is 0. The van der Waals surface area contributed by atoms with Gasteiger partial charge in [0.25, 0.3) is 0 Å². The summed E-state index contributed by atoms with van der Waals surface area (Å²) in [4.78, 5) is 7.36. The molecule has 0 saturated heterocycles. The van der Waals surface area contributed by atoms with E-state index in [9.17, 15) is 8.78 Å². The minimum Gasteiger partial charge on any atom is -0.225 e. The van der Waals surface area contributed by atoms with E-state index in [0.29, 0.717) is 23.4 Å². The first kappa shape index (κ1) is 9.96. The fraction of sp³-hybridized carbons (Fsp3) is 0.273. The Morgan fingerprint density at radius 1 is 1.20 bits per heavy atom. The van der Waals surface area contributed by atoms with Gasteiger partial charge in [-0.3, -0.25) is 0 Å². The van der Waals surface area contributed by atoms with Gasteiger partial charge in [-0.25, -0.2) is 9.98 Å². The van der Waals surface area contributed by atoms with Crippen molar-refractivity contribution in [2.75, 3.05) is 0 Å². The van der Waals surface area contributed by atoms with E-state index in [4.69, 9.17) is 0 Å². The van der Waals surface area contributed by atoms with Gasteiger partial charge in [-0.05, 0) is 31.6 Å². The minimum atomic E-state index is -0.587. The van der Waals surface area contributed by atoms with E-state index in [1.165, 1.54) is 0 Å². The Kier molecular flexibility index (Phi) is 2.34. The monoisotopic (exact) mass is 208 g/mol. The predicted molar refractivity (Wildman–Crippen MR) is 53.9 cm³/mol. The van der Waals surface area contributed by atoms with E-state index in [1.54, 1.807) is 26.0 Å². The van der Waals surface area contributed by atoms with Gasteiger partial charge in [-0.1, -0.05) is 0 Å². The molecule has 1 aliphatic heterocycles. The number of hydrogen-bond acceptors (Lipinski definition) is 2. The summed E-state index contributed by atoms with van der Waals surface area (Å²) in [5.74, 6) is -1.10. The van der Waals surface area contributed by atoms with Crippen LogP contribution in [-0.4, -0.2) is 10.7 Å². The molecule has 0 bridgehead atoms. The molecule has 0 atom stereocenters. The molecule has 0 saturated carbocycles. The molecule has 0 N–H and O–H groups in total. The van der Waals surface area contributed by atoms with Crippen molar-refractivity contribution >= 4 is 5.71 Å². The number of rotatable bonds is 1. The van der Waals surface area contributed by atoms with E-state index in [1.807, 2.05) is 0 Å². The maximum absolute atomic E-state index is 13.4. The number of pyridine rings is 1. The Bertz CT molecular complexity index is 475. The molecule has 0 fully saturated rings. The maximum Gasteiger partial charge on any atom is 0.222 e. The van der Waals surface area contributed by atoms with Gasteiger partial charge in [0.05, 0.1) is 11.3 Å². The first-order valence-electron chi connectivity index (χ1n) is 4.64. The summed E-state index contributed by atoms with van der Waals surface area (Å²) in [6.45, 7) is 3.35. The Hall–Kier alpha value is -1.58. The fourth-order valence-electron chi connectivity index (χ4n) is 1.47. The van der Waals surface area contributed by atoms with Crippen molar-refractivity contribution in [2.45, 2.75) is 20.3 Å². The molecule has 0 amide bonds. The third-order valence-corrected chi connectivity index (χ3v) is 2.32. The van der Waals surface area contributed by atoms with Crippen LogP contribution in [0.2, 0.25) is 0 Å². The van der Waals surface area contributed by atoms with Crippen molar-refractivity contribution in [1.29, 1.82) is 0 Å². The van der Waals surface area contributed by atoms with Crippen LogP contribution >= 0.6 is 0 Å². The van der Waals surface area contributed by atoms with E-state index in [0.717, 1.165) is 0 Å². The number of nitrogens with zero attached hydrogens (tertiary/aromatic N) is 2.